The maximum absolute atomic E-state index is 12.3. The molecule has 1 fully saturated rings. The van der Waals surface area contributed by atoms with E-state index in [-0.39, 0.29) is 11.8 Å². The first-order chi connectivity index (χ1) is 9.54. The Morgan fingerprint density at radius 2 is 2.10 bits per heavy atom. The third-order valence-corrected chi connectivity index (χ3v) is 4.16. The Hall–Kier alpha value is -1.55. The molecule has 1 unspecified atom stereocenters. The van der Waals surface area contributed by atoms with E-state index in [2.05, 4.69) is 10.6 Å². The molecular formula is C16H24N2O2. The standard InChI is InChI=1S/C16H24N2O2/c1-10-8-14(11(2)12(3)15(10)20-4)18-16(19)13-6-5-7-17-9-13/h8,13,17H,5-7,9H2,1-4H3,(H,18,19). The molecule has 4 heteroatoms. The summed E-state index contributed by atoms with van der Waals surface area (Å²) in [5.41, 5.74) is 4.11. The molecule has 20 heavy (non-hydrogen) atoms. The van der Waals surface area contributed by atoms with Crippen LogP contribution in [0.2, 0.25) is 0 Å². The Kier molecular flexibility index (Phi) is 4.65. The number of carbonyl (C=O) groups excluding carboxylic acids is 1. The van der Waals surface area contributed by atoms with Gasteiger partial charge in [0.15, 0.2) is 0 Å². The van der Waals surface area contributed by atoms with Crippen LogP contribution in [-0.4, -0.2) is 26.1 Å². The van der Waals surface area contributed by atoms with E-state index < -0.39 is 0 Å². The van der Waals surface area contributed by atoms with Crippen LogP contribution in [0, 0.1) is 26.7 Å². The van der Waals surface area contributed by atoms with Crippen LogP contribution in [0.25, 0.3) is 0 Å². The van der Waals surface area contributed by atoms with Crippen molar-refractivity contribution < 1.29 is 9.53 Å². The zero-order chi connectivity index (χ0) is 14.7. The summed E-state index contributed by atoms with van der Waals surface area (Å²) >= 11 is 0. The van der Waals surface area contributed by atoms with Crippen molar-refractivity contribution in [1.29, 1.82) is 0 Å². The number of amides is 1. The number of nitrogens with one attached hydrogen (secondary N) is 2. The Labute approximate surface area is 120 Å². The first-order valence-corrected chi connectivity index (χ1v) is 7.21. The summed E-state index contributed by atoms with van der Waals surface area (Å²) in [4.78, 5) is 12.3. The van der Waals surface area contributed by atoms with Gasteiger partial charge in [-0.05, 0) is 62.9 Å². The first kappa shape index (κ1) is 14.9. The van der Waals surface area contributed by atoms with Gasteiger partial charge in [0, 0.05) is 12.2 Å². The quantitative estimate of drug-likeness (QED) is 0.892. The molecule has 1 heterocycles. The zero-order valence-electron chi connectivity index (χ0n) is 12.8. The number of carbonyl (C=O) groups is 1. The molecule has 1 aromatic carbocycles. The molecular weight excluding hydrogens is 252 g/mol. The predicted molar refractivity (Wildman–Crippen MR) is 81.4 cm³/mol. The largest absolute Gasteiger partial charge is 0.496 e. The van der Waals surface area contributed by atoms with Gasteiger partial charge in [-0.15, -0.1) is 0 Å². The van der Waals surface area contributed by atoms with Crippen LogP contribution < -0.4 is 15.4 Å². The SMILES string of the molecule is COc1c(C)cc(NC(=O)C2CCCNC2)c(C)c1C. The molecule has 0 aliphatic carbocycles. The van der Waals surface area contributed by atoms with E-state index >= 15 is 0 Å². The van der Waals surface area contributed by atoms with Crippen LogP contribution in [-0.2, 0) is 4.79 Å². The average molecular weight is 276 g/mol. The summed E-state index contributed by atoms with van der Waals surface area (Å²) in [6, 6.07) is 2.00. The van der Waals surface area contributed by atoms with Gasteiger partial charge in [0.1, 0.15) is 5.75 Å². The van der Waals surface area contributed by atoms with Gasteiger partial charge < -0.3 is 15.4 Å². The lowest BCUT2D eigenvalue weighted by atomic mass is 9.97. The zero-order valence-corrected chi connectivity index (χ0v) is 12.8. The molecule has 1 aliphatic heterocycles. The van der Waals surface area contributed by atoms with Gasteiger partial charge in [0.2, 0.25) is 5.91 Å². The molecule has 4 nitrogen and oxygen atoms in total. The molecule has 0 bridgehead atoms. The van der Waals surface area contributed by atoms with E-state index in [0.717, 1.165) is 54.1 Å². The van der Waals surface area contributed by atoms with Gasteiger partial charge in [0.25, 0.3) is 0 Å². The van der Waals surface area contributed by atoms with Gasteiger partial charge in [-0.2, -0.15) is 0 Å². The van der Waals surface area contributed by atoms with Crippen LogP contribution in [0.3, 0.4) is 0 Å². The monoisotopic (exact) mass is 276 g/mol. The fourth-order valence-electron chi connectivity index (χ4n) is 2.81. The third-order valence-electron chi connectivity index (χ3n) is 4.16. The lowest BCUT2D eigenvalue weighted by molar-refractivity contribution is -0.120. The van der Waals surface area contributed by atoms with E-state index in [1.54, 1.807) is 7.11 Å². The highest BCUT2D eigenvalue weighted by atomic mass is 16.5. The third kappa shape index (κ3) is 2.96. The molecule has 2 rings (SSSR count). The van der Waals surface area contributed by atoms with Crippen molar-refractivity contribution in [2.24, 2.45) is 5.92 Å². The number of piperidine rings is 1. The number of benzene rings is 1. The van der Waals surface area contributed by atoms with Crippen molar-refractivity contribution in [3.63, 3.8) is 0 Å². The molecule has 0 spiro atoms. The number of aryl methyl sites for hydroxylation is 1. The minimum absolute atomic E-state index is 0.0749. The number of anilines is 1. The Balaban J connectivity index is 2.19. The molecule has 0 aromatic heterocycles. The van der Waals surface area contributed by atoms with Gasteiger partial charge in [-0.25, -0.2) is 0 Å². The highest BCUT2D eigenvalue weighted by molar-refractivity contribution is 5.94. The van der Waals surface area contributed by atoms with Crippen molar-refractivity contribution in [2.75, 3.05) is 25.5 Å². The summed E-state index contributed by atoms with van der Waals surface area (Å²) < 4.78 is 5.41. The van der Waals surface area contributed by atoms with Crippen molar-refractivity contribution in [3.05, 3.63) is 22.8 Å². The second-order valence-corrected chi connectivity index (χ2v) is 5.56. The number of hydrogen-bond donors (Lipinski definition) is 2. The predicted octanol–water partition coefficient (Wildman–Crippen LogP) is 2.56. The Morgan fingerprint density at radius 1 is 1.35 bits per heavy atom. The van der Waals surface area contributed by atoms with Gasteiger partial charge in [-0.3, -0.25) is 4.79 Å². The number of methoxy groups -OCH3 is 1. The second kappa shape index (κ2) is 6.27. The van der Waals surface area contributed by atoms with Crippen molar-refractivity contribution >= 4 is 11.6 Å². The number of ether oxygens (including phenoxy) is 1. The van der Waals surface area contributed by atoms with E-state index in [1.807, 2.05) is 26.8 Å². The minimum atomic E-state index is 0.0749. The normalized spacial score (nSPS) is 18.7. The van der Waals surface area contributed by atoms with Gasteiger partial charge in [-0.1, -0.05) is 0 Å². The highest BCUT2D eigenvalue weighted by Gasteiger charge is 2.22. The van der Waals surface area contributed by atoms with Crippen molar-refractivity contribution in [3.8, 4) is 5.75 Å². The van der Waals surface area contributed by atoms with Crippen LogP contribution >= 0.6 is 0 Å². The van der Waals surface area contributed by atoms with E-state index in [0.29, 0.717) is 0 Å². The molecule has 1 atom stereocenters. The Morgan fingerprint density at radius 3 is 2.70 bits per heavy atom. The van der Waals surface area contributed by atoms with Gasteiger partial charge >= 0.3 is 0 Å². The van der Waals surface area contributed by atoms with Crippen molar-refractivity contribution in [1.82, 2.24) is 5.32 Å². The smallest absolute Gasteiger partial charge is 0.228 e. The summed E-state index contributed by atoms with van der Waals surface area (Å²) in [6.45, 7) is 7.84. The minimum Gasteiger partial charge on any atom is -0.496 e. The fourth-order valence-corrected chi connectivity index (χ4v) is 2.81. The van der Waals surface area contributed by atoms with Crippen LogP contribution in [0.4, 0.5) is 5.69 Å². The van der Waals surface area contributed by atoms with E-state index in [9.17, 15) is 4.79 Å². The second-order valence-electron chi connectivity index (χ2n) is 5.56. The van der Waals surface area contributed by atoms with E-state index in [4.69, 9.17) is 4.74 Å². The first-order valence-electron chi connectivity index (χ1n) is 7.21. The molecule has 1 saturated heterocycles. The summed E-state index contributed by atoms with van der Waals surface area (Å²) in [7, 11) is 1.68. The molecule has 1 aromatic rings. The average Bonchev–Trinajstić information content (AvgIpc) is 2.46. The molecule has 1 amide bonds. The van der Waals surface area contributed by atoms with E-state index in [1.165, 1.54) is 0 Å². The molecule has 0 radical (unpaired) electrons. The molecule has 1 aliphatic rings. The molecule has 2 N–H and O–H groups in total. The summed E-state index contributed by atoms with van der Waals surface area (Å²) in [5, 5.41) is 6.35. The lowest BCUT2D eigenvalue weighted by Gasteiger charge is -2.23. The molecule has 0 saturated carbocycles. The fraction of sp³-hybridized carbons (Fsp3) is 0.562. The van der Waals surface area contributed by atoms with Crippen LogP contribution in [0.5, 0.6) is 5.75 Å². The maximum atomic E-state index is 12.3. The van der Waals surface area contributed by atoms with Crippen molar-refractivity contribution in [2.45, 2.75) is 33.6 Å². The highest BCUT2D eigenvalue weighted by Crippen LogP contribution is 2.31. The Bertz CT molecular complexity index is 506. The summed E-state index contributed by atoms with van der Waals surface area (Å²) in [5.74, 6) is 1.09. The maximum Gasteiger partial charge on any atom is 0.228 e. The summed E-state index contributed by atoms with van der Waals surface area (Å²) in [6.07, 6.45) is 2.03. The van der Waals surface area contributed by atoms with Crippen LogP contribution in [0.15, 0.2) is 6.07 Å². The van der Waals surface area contributed by atoms with Crippen LogP contribution in [0.1, 0.15) is 29.5 Å². The number of hydrogen-bond acceptors (Lipinski definition) is 3. The lowest BCUT2D eigenvalue weighted by Crippen LogP contribution is -2.37. The topological polar surface area (TPSA) is 50.4 Å². The van der Waals surface area contributed by atoms with Gasteiger partial charge in [0.05, 0.1) is 13.0 Å². The number of rotatable bonds is 3. The molecule has 110 valence electrons.